The van der Waals surface area contributed by atoms with Gasteiger partial charge in [-0.3, -0.25) is 33.6 Å². The van der Waals surface area contributed by atoms with Gasteiger partial charge in [-0.25, -0.2) is 0 Å². The second-order valence-electron chi connectivity index (χ2n) is 16.7. The maximum Gasteiger partial charge on any atom is 0.222 e. The molecule has 26 heteroatoms. The molecule has 0 aliphatic carbocycles. The van der Waals surface area contributed by atoms with Crippen LogP contribution in [0.2, 0.25) is 0 Å². The van der Waals surface area contributed by atoms with Crippen LogP contribution in [0.15, 0.2) is 0 Å². The lowest BCUT2D eigenvalue weighted by Crippen LogP contribution is -2.59. The molecule has 7 amide bonds. The van der Waals surface area contributed by atoms with Crippen molar-refractivity contribution in [1.82, 2.24) is 37.2 Å². The van der Waals surface area contributed by atoms with E-state index in [0.29, 0.717) is 84.3 Å². The summed E-state index contributed by atoms with van der Waals surface area (Å²) in [4.78, 5) is 87.1. The van der Waals surface area contributed by atoms with Gasteiger partial charge in [0.2, 0.25) is 41.4 Å². The van der Waals surface area contributed by atoms with Crippen LogP contribution in [0.3, 0.4) is 0 Å². The van der Waals surface area contributed by atoms with E-state index in [1.165, 1.54) is 0 Å². The fourth-order valence-electron chi connectivity index (χ4n) is 6.50. The molecular formula is C44H84N10O16. The molecule has 17 N–H and O–H groups in total. The van der Waals surface area contributed by atoms with E-state index in [-0.39, 0.29) is 146 Å². The largest absolute Gasteiger partial charge is 0.394 e. The summed E-state index contributed by atoms with van der Waals surface area (Å²) in [6.07, 6.45) is -3.21. The minimum atomic E-state index is -1.54. The van der Waals surface area contributed by atoms with E-state index in [9.17, 15) is 54.0 Å². The van der Waals surface area contributed by atoms with Gasteiger partial charge in [0.1, 0.15) is 30.0 Å². The molecule has 1 aliphatic rings. The van der Waals surface area contributed by atoms with Crippen molar-refractivity contribution in [2.24, 2.45) is 17.2 Å². The molecule has 1 saturated heterocycles. The van der Waals surface area contributed by atoms with Crippen molar-refractivity contribution >= 4 is 41.4 Å². The van der Waals surface area contributed by atoms with Crippen LogP contribution >= 0.6 is 0 Å². The third-order valence-corrected chi connectivity index (χ3v) is 10.5. The summed E-state index contributed by atoms with van der Waals surface area (Å²) in [5.41, 5.74) is 15.1. The molecule has 1 rings (SSSR count). The Hall–Kier alpha value is -4.19. The number of amides is 7. The van der Waals surface area contributed by atoms with Crippen LogP contribution in [0, 0.1) is 0 Å². The van der Waals surface area contributed by atoms with Gasteiger partial charge in [0.25, 0.3) is 0 Å². The molecule has 1 fully saturated rings. The number of nitrogens with one attached hydrogen (secondary N) is 7. The van der Waals surface area contributed by atoms with Gasteiger partial charge in [0.15, 0.2) is 6.29 Å². The predicted octanol–water partition coefficient (Wildman–Crippen LogP) is -5.26. The fourth-order valence-corrected chi connectivity index (χ4v) is 6.50. The summed E-state index contributed by atoms with van der Waals surface area (Å²) in [5, 5.41) is 58.5. The monoisotopic (exact) mass is 1010 g/mol. The minimum absolute atomic E-state index is 0.0150. The highest BCUT2D eigenvalue weighted by atomic mass is 16.7. The number of aliphatic hydroxyl groups is 4. The summed E-state index contributed by atoms with van der Waals surface area (Å²) in [6, 6.07) is 0. The van der Waals surface area contributed by atoms with E-state index in [2.05, 4.69) is 37.2 Å². The Balaban J connectivity index is 2.71. The molecule has 0 saturated carbocycles. The molecule has 0 aromatic carbocycles. The number of hydrogen-bond donors (Lipinski definition) is 14. The first kappa shape index (κ1) is 63.8. The summed E-state index contributed by atoms with van der Waals surface area (Å²) in [7, 11) is 0. The van der Waals surface area contributed by atoms with E-state index < -0.39 is 48.8 Å². The number of nitrogens with two attached hydrogens (primary N) is 3. The van der Waals surface area contributed by atoms with Crippen LogP contribution < -0.4 is 54.4 Å². The Kier molecular flexibility index (Phi) is 36.8. The Morgan fingerprint density at radius 1 is 0.443 bits per heavy atom. The number of ether oxygens (including phenoxy) is 5. The van der Waals surface area contributed by atoms with Crippen LogP contribution in [0.1, 0.15) is 89.9 Å². The maximum atomic E-state index is 13.4. The Morgan fingerprint density at radius 2 is 0.843 bits per heavy atom. The summed E-state index contributed by atoms with van der Waals surface area (Å²) < 4.78 is 28.5. The van der Waals surface area contributed by atoms with Crippen molar-refractivity contribution in [1.29, 1.82) is 0 Å². The maximum absolute atomic E-state index is 13.4. The van der Waals surface area contributed by atoms with Crippen molar-refractivity contribution in [3.05, 3.63) is 0 Å². The quantitative estimate of drug-likeness (QED) is 0.0254. The van der Waals surface area contributed by atoms with Gasteiger partial charge in [-0.2, -0.15) is 0 Å². The Labute approximate surface area is 410 Å². The third-order valence-electron chi connectivity index (χ3n) is 10.5. The van der Waals surface area contributed by atoms with Gasteiger partial charge in [0.05, 0.1) is 46.2 Å². The van der Waals surface area contributed by atoms with Crippen molar-refractivity contribution in [3.63, 3.8) is 0 Å². The number of aliphatic hydroxyl groups excluding tert-OH is 4. The first-order chi connectivity index (χ1) is 33.7. The lowest BCUT2D eigenvalue weighted by Gasteiger charge is -2.39. The minimum Gasteiger partial charge on any atom is -0.394 e. The van der Waals surface area contributed by atoms with Gasteiger partial charge in [-0.1, -0.05) is 0 Å². The molecule has 1 heterocycles. The number of rotatable bonds is 43. The third kappa shape index (κ3) is 31.2. The SMILES string of the molecule is NCCCNC(=O)CCOCC(COCCC(=O)NCCCN)(COCCC(=O)NCCCNC(=O)CCCCO[C@H]1OC(CO)[C@@H](O)C(O)C1O)NC(=O)CCCC(=O)NCCCNC(=O)CCN. The van der Waals surface area contributed by atoms with Crippen LogP contribution in [0.4, 0.5) is 0 Å². The molecule has 0 radical (unpaired) electrons. The molecular weight excluding hydrogens is 925 g/mol. The molecule has 0 bridgehead atoms. The molecule has 0 spiro atoms. The number of unbranched alkanes of at least 4 members (excludes halogenated alkanes) is 1. The highest BCUT2D eigenvalue weighted by Gasteiger charge is 2.44. The van der Waals surface area contributed by atoms with E-state index in [1.807, 2.05) is 0 Å². The number of carbonyl (C=O) groups is 7. The number of carbonyl (C=O) groups excluding carboxylic acids is 7. The molecule has 5 atom stereocenters. The smallest absolute Gasteiger partial charge is 0.222 e. The molecule has 406 valence electrons. The first-order valence-electron chi connectivity index (χ1n) is 24.4. The van der Waals surface area contributed by atoms with Crippen LogP contribution in [-0.4, -0.2) is 210 Å². The van der Waals surface area contributed by atoms with Gasteiger partial charge >= 0.3 is 0 Å². The second-order valence-corrected chi connectivity index (χ2v) is 16.7. The lowest BCUT2D eigenvalue weighted by atomic mass is 9.99. The average Bonchev–Trinajstić information content (AvgIpc) is 3.33. The highest BCUT2D eigenvalue weighted by Crippen LogP contribution is 2.22. The molecule has 26 nitrogen and oxygen atoms in total. The average molecular weight is 1010 g/mol. The van der Waals surface area contributed by atoms with Gasteiger partial charge in [-0.05, 0) is 58.0 Å². The summed E-state index contributed by atoms with van der Waals surface area (Å²) in [6.45, 7) is 2.06. The second kappa shape index (κ2) is 40.4. The zero-order chi connectivity index (χ0) is 51.8. The van der Waals surface area contributed by atoms with Crippen LogP contribution in [0.5, 0.6) is 0 Å². The van der Waals surface area contributed by atoms with Crippen molar-refractivity contribution in [3.8, 4) is 0 Å². The zero-order valence-electron chi connectivity index (χ0n) is 40.7. The molecule has 0 aromatic rings. The molecule has 1 aliphatic heterocycles. The summed E-state index contributed by atoms with van der Waals surface area (Å²) in [5.74, 6) is -1.94. The van der Waals surface area contributed by atoms with E-state index in [0.717, 1.165) is 0 Å². The molecule has 0 aromatic heterocycles. The Bertz CT molecular complexity index is 1460. The normalized spacial score (nSPS) is 17.8. The molecule has 3 unspecified atom stereocenters. The van der Waals surface area contributed by atoms with Crippen LogP contribution in [0.25, 0.3) is 0 Å². The number of hydrogen-bond acceptors (Lipinski definition) is 19. The van der Waals surface area contributed by atoms with Gasteiger partial charge < -0.3 is 98.5 Å². The Morgan fingerprint density at radius 3 is 1.27 bits per heavy atom. The molecule has 70 heavy (non-hydrogen) atoms. The standard InChI is InChI=1S/C44H84N10O16/c45-15-4-18-48-36(59)12-25-66-29-44(30-67-26-13-37(60)49-19-5-16-46,54-39(62)10-3-9-34(57)51-21-6-22-52-35(58)11-17-47)31-68-27-14-38(61)53-23-7-20-50-33(56)8-1-2-24-69-43-42(65)41(64)40(63)32(28-55)70-43/h32,40-43,55,63-65H,1-31,45-47H2,(H,48,59)(H,49,60)(H,50,56)(H,51,57)(H,52,58)(H,53,61)(H,54,62)/t32?,40-,41?,42?,43+/m1/s1. The van der Waals surface area contributed by atoms with E-state index >= 15 is 0 Å². The van der Waals surface area contributed by atoms with Crippen molar-refractivity contribution in [2.75, 3.05) is 112 Å². The van der Waals surface area contributed by atoms with Crippen LogP contribution in [-0.2, 0) is 57.2 Å². The lowest BCUT2D eigenvalue weighted by molar-refractivity contribution is -0.301. The predicted molar refractivity (Wildman–Crippen MR) is 253 cm³/mol. The first-order valence-corrected chi connectivity index (χ1v) is 24.4. The van der Waals surface area contributed by atoms with Gasteiger partial charge in [0, 0.05) is 97.4 Å². The van der Waals surface area contributed by atoms with E-state index in [1.54, 1.807) is 0 Å². The zero-order valence-corrected chi connectivity index (χ0v) is 40.7. The fraction of sp³-hybridized carbons (Fsp3) is 0.841. The van der Waals surface area contributed by atoms with Crippen molar-refractivity contribution < 1.29 is 77.7 Å². The van der Waals surface area contributed by atoms with Crippen molar-refractivity contribution in [2.45, 2.75) is 126 Å². The summed E-state index contributed by atoms with van der Waals surface area (Å²) >= 11 is 0. The van der Waals surface area contributed by atoms with E-state index in [4.69, 9.17) is 40.9 Å². The highest BCUT2D eigenvalue weighted by molar-refractivity contribution is 5.80. The topological polar surface area (TPSA) is 409 Å². The van der Waals surface area contributed by atoms with Gasteiger partial charge in [-0.15, -0.1) is 0 Å².